The number of hydrogen-bond acceptors (Lipinski definition) is 5. The van der Waals surface area contributed by atoms with Gasteiger partial charge in [0.1, 0.15) is 6.54 Å². The Hall–Kier alpha value is -0.900. The minimum absolute atomic E-state index is 0. The van der Waals surface area contributed by atoms with Crippen LogP contribution in [0, 0.1) is 6.92 Å². The molecule has 2 rings (SSSR count). The van der Waals surface area contributed by atoms with Crippen LogP contribution in [0.4, 0.5) is 0 Å². The molecule has 1 aliphatic rings. The second-order valence-corrected chi connectivity index (χ2v) is 5.84. The predicted molar refractivity (Wildman–Crippen MR) is 105 cm³/mol. The maximum Gasteiger partial charge on any atom is 0.248 e. The molecule has 0 aliphatic heterocycles. The minimum atomic E-state index is 0. The molecule has 138 valence electrons. The van der Waals surface area contributed by atoms with E-state index in [-0.39, 0.29) is 24.0 Å². The van der Waals surface area contributed by atoms with Gasteiger partial charge in [-0.1, -0.05) is 24.4 Å². The first kappa shape index (κ1) is 21.1. The summed E-state index contributed by atoms with van der Waals surface area (Å²) in [6.07, 6.45) is 7.89. The molecule has 2 N–H and O–H groups in total. The fourth-order valence-electron chi connectivity index (χ4n) is 2.65. The highest BCUT2D eigenvalue weighted by atomic mass is 127. The summed E-state index contributed by atoms with van der Waals surface area (Å²) in [4.78, 5) is 8.59. The number of ether oxygens (including phenoxy) is 1. The van der Waals surface area contributed by atoms with E-state index < -0.39 is 0 Å². The number of aryl methyl sites for hydroxylation is 1. The number of rotatable bonds is 8. The first-order valence-corrected chi connectivity index (χ1v) is 8.71. The third kappa shape index (κ3) is 8.27. The smallest absolute Gasteiger partial charge is 0.248 e. The van der Waals surface area contributed by atoms with Crippen LogP contribution in [0.5, 0.6) is 0 Å². The molecule has 0 amide bonds. The Morgan fingerprint density at radius 1 is 1.29 bits per heavy atom. The van der Waals surface area contributed by atoms with Gasteiger partial charge in [-0.25, -0.2) is 4.99 Å². The van der Waals surface area contributed by atoms with Crippen molar-refractivity contribution in [3.63, 3.8) is 0 Å². The highest BCUT2D eigenvalue weighted by molar-refractivity contribution is 14.0. The summed E-state index contributed by atoms with van der Waals surface area (Å²) in [6, 6.07) is 0. The monoisotopic (exact) mass is 451 g/mol. The van der Waals surface area contributed by atoms with Gasteiger partial charge >= 0.3 is 0 Å². The molecule has 7 nitrogen and oxygen atoms in total. The normalized spacial score (nSPS) is 15.8. The van der Waals surface area contributed by atoms with Crippen LogP contribution in [-0.2, 0) is 11.3 Å². The summed E-state index contributed by atoms with van der Waals surface area (Å²) in [7, 11) is 0. The fourth-order valence-corrected chi connectivity index (χ4v) is 2.65. The molecule has 0 aromatic carbocycles. The van der Waals surface area contributed by atoms with Crippen molar-refractivity contribution in [1.82, 2.24) is 20.8 Å². The van der Waals surface area contributed by atoms with Gasteiger partial charge in [0.05, 0.1) is 6.10 Å². The molecule has 0 atom stereocenters. The predicted octanol–water partition coefficient (Wildman–Crippen LogP) is 2.79. The molecule has 1 aromatic rings. The van der Waals surface area contributed by atoms with E-state index >= 15 is 0 Å². The molecule has 1 heterocycles. The van der Waals surface area contributed by atoms with Gasteiger partial charge in [0.2, 0.25) is 5.89 Å². The number of halogens is 1. The first-order valence-electron chi connectivity index (χ1n) is 8.71. The Morgan fingerprint density at radius 3 is 2.75 bits per heavy atom. The van der Waals surface area contributed by atoms with Gasteiger partial charge in [0.15, 0.2) is 11.8 Å². The van der Waals surface area contributed by atoms with E-state index in [1.807, 2.05) is 6.92 Å². The van der Waals surface area contributed by atoms with E-state index in [4.69, 9.17) is 9.26 Å². The molecular formula is C16H30IN5O2. The lowest BCUT2D eigenvalue weighted by molar-refractivity contribution is 0.0277. The second kappa shape index (κ2) is 12.5. The Bertz CT molecular complexity index is 475. The van der Waals surface area contributed by atoms with Crippen LogP contribution in [0.15, 0.2) is 9.52 Å². The van der Waals surface area contributed by atoms with Gasteiger partial charge in [-0.2, -0.15) is 4.98 Å². The van der Waals surface area contributed by atoms with Gasteiger partial charge in [-0.15, -0.1) is 24.0 Å². The van der Waals surface area contributed by atoms with Crippen LogP contribution < -0.4 is 10.6 Å². The lowest BCUT2D eigenvalue weighted by Gasteiger charge is -2.22. The summed E-state index contributed by atoms with van der Waals surface area (Å²) in [5, 5.41) is 10.3. The Morgan fingerprint density at radius 2 is 2.08 bits per heavy atom. The number of nitrogens with zero attached hydrogens (tertiary/aromatic N) is 3. The zero-order chi connectivity index (χ0) is 16.3. The van der Waals surface area contributed by atoms with E-state index in [1.54, 1.807) is 6.92 Å². The van der Waals surface area contributed by atoms with Crippen molar-refractivity contribution in [2.75, 3.05) is 19.7 Å². The van der Waals surface area contributed by atoms with Gasteiger partial charge in [-0.3, -0.25) is 0 Å². The van der Waals surface area contributed by atoms with Crippen LogP contribution in [-0.4, -0.2) is 41.9 Å². The van der Waals surface area contributed by atoms with Gasteiger partial charge in [0, 0.05) is 19.7 Å². The summed E-state index contributed by atoms with van der Waals surface area (Å²) in [5.41, 5.74) is 0. The Balaban J connectivity index is 0.00000288. The third-order valence-corrected chi connectivity index (χ3v) is 3.81. The van der Waals surface area contributed by atoms with Crippen molar-refractivity contribution in [3.05, 3.63) is 11.7 Å². The Labute approximate surface area is 161 Å². The van der Waals surface area contributed by atoms with Crippen molar-refractivity contribution in [2.45, 2.75) is 65.0 Å². The van der Waals surface area contributed by atoms with Crippen LogP contribution >= 0.6 is 24.0 Å². The Kier molecular flexibility index (Phi) is 11.0. The first-order chi connectivity index (χ1) is 11.3. The van der Waals surface area contributed by atoms with Crippen molar-refractivity contribution in [1.29, 1.82) is 0 Å². The average molecular weight is 451 g/mol. The zero-order valence-electron chi connectivity index (χ0n) is 14.7. The van der Waals surface area contributed by atoms with Gasteiger partial charge < -0.3 is 19.9 Å². The largest absolute Gasteiger partial charge is 0.378 e. The average Bonchev–Trinajstić information content (AvgIpc) is 2.98. The van der Waals surface area contributed by atoms with Crippen molar-refractivity contribution in [2.24, 2.45) is 4.99 Å². The standard InChI is InChI=1S/C16H29N5O2.HI/c1-3-17-16(19-12-15-20-13(2)21-23-15)18-10-7-11-22-14-8-5-4-6-9-14;/h14H,3-12H2,1-2H3,(H2,17,18,19);1H. The maximum atomic E-state index is 5.92. The van der Waals surface area contributed by atoms with Crippen LogP contribution in [0.25, 0.3) is 0 Å². The minimum Gasteiger partial charge on any atom is -0.378 e. The molecule has 1 aromatic heterocycles. The lowest BCUT2D eigenvalue weighted by atomic mass is 9.98. The summed E-state index contributed by atoms with van der Waals surface area (Å²) in [5.74, 6) is 1.93. The van der Waals surface area contributed by atoms with Gasteiger partial charge in [0.25, 0.3) is 0 Å². The van der Waals surface area contributed by atoms with Crippen molar-refractivity contribution >= 4 is 29.9 Å². The SMILES string of the molecule is CCNC(=NCc1nc(C)no1)NCCCOC1CCCCC1.I. The highest BCUT2D eigenvalue weighted by Gasteiger charge is 2.13. The molecule has 0 saturated heterocycles. The van der Waals surface area contributed by atoms with E-state index in [9.17, 15) is 0 Å². The van der Waals surface area contributed by atoms with Crippen LogP contribution in [0.3, 0.4) is 0 Å². The maximum absolute atomic E-state index is 5.92. The number of aromatic nitrogens is 2. The topological polar surface area (TPSA) is 84.6 Å². The molecule has 8 heteroatoms. The molecule has 1 fully saturated rings. The van der Waals surface area contributed by atoms with Crippen molar-refractivity contribution < 1.29 is 9.26 Å². The van der Waals surface area contributed by atoms with E-state index in [0.717, 1.165) is 32.1 Å². The number of guanidine groups is 1. The molecule has 0 unspecified atom stereocenters. The van der Waals surface area contributed by atoms with E-state index in [2.05, 4.69) is 25.8 Å². The quantitative estimate of drug-likeness (QED) is 0.274. The molecule has 1 saturated carbocycles. The van der Waals surface area contributed by atoms with E-state index in [0.29, 0.717) is 24.4 Å². The van der Waals surface area contributed by atoms with Gasteiger partial charge in [-0.05, 0) is 33.1 Å². The van der Waals surface area contributed by atoms with Crippen molar-refractivity contribution in [3.8, 4) is 0 Å². The molecule has 1 aliphatic carbocycles. The summed E-state index contributed by atoms with van der Waals surface area (Å²) in [6.45, 7) is 6.68. The van der Waals surface area contributed by atoms with E-state index in [1.165, 1.54) is 32.1 Å². The molecular weight excluding hydrogens is 421 g/mol. The molecule has 0 bridgehead atoms. The molecule has 24 heavy (non-hydrogen) atoms. The van der Waals surface area contributed by atoms with Crippen LogP contribution in [0.1, 0.15) is 57.2 Å². The number of aliphatic imine (C=N–C) groups is 1. The lowest BCUT2D eigenvalue weighted by Crippen LogP contribution is -2.38. The fraction of sp³-hybridized carbons (Fsp3) is 0.812. The number of nitrogens with one attached hydrogen (secondary N) is 2. The molecule has 0 spiro atoms. The summed E-state index contributed by atoms with van der Waals surface area (Å²) >= 11 is 0. The third-order valence-electron chi connectivity index (χ3n) is 3.81. The highest BCUT2D eigenvalue weighted by Crippen LogP contribution is 2.20. The van der Waals surface area contributed by atoms with Crippen LogP contribution in [0.2, 0.25) is 0 Å². The summed E-state index contributed by atoms with van der Waals surface area (Å²) < 4.78 is 11.0. The molecule has 0 radical (unpaired) electrons. The number of hydrogen-bond donors (Lipinski definition) is 2. The second-order valence-electron chi connectivity index (χ2n) is 5.84. The zero-order valence-corrected chi connectivity index (χ0v) is 17.0.